The molecule has 152 valence electrons. The van der Waals surface area contributed by atoms with E-state index in [1.807, 2.05) is 6.07 Å². The number of ether oxygens (including phenoxy) is 2. The third-order valence-electron chi connectivity index (χ3n) is 7.52. The molecule has 0 radical (unpaired) electrons. The van der Waals surface area contributed by atoms with Gasteiger partial charge < -0.3 is 24.7 Å². The van der Waals surface area contributed by atoms with Gasteiger partial charge >= 0.3 is 0 Å². The van der Waals surface area contributed by atoms with Crippen LogP contribution in [0.15, 0.2) is 18.2 Å². The van der Waals surface area contributed by atoms with Gasteiger partial charge in [-0.05, 0) is 48.8 Å². The lowest BCUT2D eigenvalue weighted by Gasteiger charge is -2.53. The number of benzene rings is 1. The summed E-state index contributed by atoms with van der Waals surface area (Å²) in [5, 5.41) is 21.9. The fourth-order valence-corrected chi connectivity index (χ4v) is 6.22. The van der Waals surface area contributed by atoms with Crippen LogP contribution < -0.4 is 4.74 Å². The van der Waals surface area contributed by atoms with Crippen LogP contribution in [0.2, 0.25) is 0 Å². The van der Waals surface area contributed by atoms with Gasteiger partial charge in [0.1, 0.15) is 5.75 Å². The molecular weight excluding hydrogens is 356 g/mol. The summed E-state index contributed by atoms with van der Waals surface area (Å²) in [5.74, 6) is 1.65. The van der Waals surface area contributed by atoms with Gasteiger partial charge in [0.15, 0.2) is 0 Å². The molecular formula is C22H30N2O4. The first kappa shape index (κ1) is 18.4. The maximum Gasteiger partial charge on any atom is 0.120 e. The fourth-order valence-electron chi connectivity index (χ4n) is 6.22. The van der Waals surface area contributed by atoms with Gasteiger partial charge in [0.2, 0.25) is 0 Å². The van der Waals surface area contributed by atoms with Crippen LogP contribution in [0.1, 0.15) is 30.1 Å². The number of hydrogen-bond donors (Lipinski definition) is 3. The Morgan fingerprint density at radius 3 is 2.86 bits per heavy atom. The number of fused-ring (bicyclic) bond motifs is 6. The van der Waals surface area contributed by atoms with E-state index in [9.17, 15) is 10.2 Å². The average molecular weight is 386 g/mol. The first-order valence-corrected chi connectivity index (χ1v) is 10.4. The van der Waals surface area contributed by atoms with E-state index in [1.54, 1.807) is 14.2 Å². The van der Waals surface area contributed by atoms with E-state index in [2.05, 4.69) is 22.0 Å². The number of rotatable bonds is 3. The second-order valence-corrected chi connectivity index (χ2v) is 8.70. The predicted octanol–water partition coefficient (Wildman–Crippen LogP) is 2.10. The number of aliphatic hydroxyl groups is 2. The SMILES string of the molecule is COc1ccc2c3c([nH]c2c1)[C@H]1C[C@H]2[C@H](C[C@@H](O)[C@H](OC)[C@H]2CO)CN1CC3. The molecule has 1 aromatic carbocycles. The summed E-state index contributed by atoms with van der Waals surface area (Å²) in [6.07, 6.45) is 2.05. The van der Waals surface area contributed by atoms with Crippen molar-refractivity contribution in [1.82, 2.24) is 9.88 Å². The van der Waals surface area contributed by atoms with Gasteiger partial charge in [-0.2, -0.15) is 0 Å². The molecule has 1 aliphatic carbocycles. The van der Waals surface area contributed by atoms with Gasteiger partial charge in [-0.25, -0.2) is 0 Å². The molecule has 3 N–H and O–H groups in total. The van der Waals surface area contributed by atoms with Gasteiger partial charge in [0, 0.05) is 55.4 Å². The minimum atomic E-state index is -0.485. The van der Waals surface area contributed by atoms with E-state index in [-0.39, 0.29) is 18.6 Å². The Kier molecular flexibility index (Phi) is 4.62. The molecule has 2 aromatic rings. The lowest BCUT2D eigenvalue weighted by Crippen LogP contribution is -2.56. The third-order valence-corrected chi connectivity index (χ3v) is 7.52. The molecule has 1 saturated heterocycles. The van der Waals surface area contributed by atoms with E-state index in [0.717, 1.165) is 43.6 Å². The Hall–Kier alpha value is -1.60. The van der Waals surface area contributed by atoms with Crippen LogP contribution in [0.4, 0.5) is 0 Å². The smallest absolute Gasteiger partial charge is 0.120 e. The first-order valence-electron chi connectivity index (χ1n) is 10.4. The van der Waals surface area contributed by atoms with Crippen LogP contribution in [-0.4, -0.2) is 66.2 Å². The van der Waals surface area contributed by atoms with Crippen LogP contribution in [0.5, 0.6) is 5.75 Å². The molecule has 0 spiro atoms. The fraction of sp³-hybridized carbons (Fsp3) is 0.636. The summed E-state index contributed by atoms with van der Waals surface area (Å²) in [6, 6.07) is 6.62. The first-order chi connectivity index (χ1) is 13.6. The zero-order chi connectivity index (χ0) is 19.4. The van der Waals surface area contributed by atoms with Crippen molar-refractivity contribution in [2.24, 2.45) is 17.8 Å². The summed E-state index contributed by atoms with van der Waals surface area (Å²) in [5.41, 5.74) is 3.89. The Morgan fingerprint density at radius 2 is 2.11 bits per heavy atom. The maximum absolute atomic E-state index is 10.5. The zero-order valence-electron chi connectivity index (χ0n) is 16.6. The Morgan fingerprint density at radius 1 is 1.25 bits per heavy atom. The molecule has 3 aliphatic rings. The Bertz CT molecular complexity index is 866. The lowest BCUT2D eigenvalue weighted by molar-refractivity contribution is -0.142. The molecule has 0 unspecified atom stereocenters. The molecule has 0 bridgehead atoms. The molecule has 6 atom stereocenters. The largest absolute Gasteiger partial charge is 0.497 e. The van der Waals surface area contributed by atoms with Crippen LogP contribution in [0, 0.1) is 17.8 Å². The number of nitrogens with one attached hydrogen (secondary N) is 1. The minimum Gasteiger partial charge on any atom is -0.497 e. The van der Waals surface area contributed by atoms with Crippen molar-refractivity contribution < 1.29 is 19.7 Å². The average Bonchev–Trinajstić information content (AvgIpc) is 3.09. The van der Waals surface area contributed by atoms with Crippen molar-refractivity contribution in [1.29, 1.82) is 0 Å². The summed E-state index contributed by atoms with van der Waals surface area (Å²) in [4.78, 5) is 6.26. The van der Waals surface area contributed by atoms with E-state index >= 15 is 0 Å². The minimum absolute atomic E-state index is 0.00394. The number of aromatic amines is 1. The maximum atomic E-state index is 10.5. The normalized spacial score (nSPS) is 35.3. The second kappa shape index (κ2) is 7.02. The summed E-state index contributed by atoms with van der Waals surface area (Å²) in [7, 11) is 3.35. The molecule has 5 rings (SSSR count). The van der Waals surface area contributed by atoms with E-state index in [0.29, 0.717) is 17.9 Å². The van der Waals surface area contributed by atoms with Crippen molar-refractivity contribution >= 4 is 10.9 Å². The monoisotopic (exact) mass is 386 g/mol. The van der Waals surface area contributed by atoms with E-state index < -0.39 is 6.10 Å². The molecule has 2 aliphatic heterocycles. The van der Waals surface area contributed by atoms with Gasteiger partial charge in [0.05, 0.1) is 25.4 Å². The second-order valence-electron chi connectivity index (χ2n) is 8.70. The van der Waals surface area contributed by atoms with Crippen molar-refractivity contribution in [3.8, 4) is 5.75 Å². The summed E-state index contributed by atoms with van der Waals surface area (Å²) < 4.78 is 11.0. The molecule has 6 nitrogen and oxygen atoms in total. The Balaban J connectivity index is 1.50. The van der Waals surface area contributed by atoms with Crippen LogP contribution >= 0.6 is 0 Å². The zero-order valence-corrected chi connectivity index (χ0v) is 16.6. The highest BCUT2D eigenvalue weighted by atomic mass is 16.5. The molecule has 3 heterocycles. The van der Waals surface area contributed by atoms with Crippen molar-refractivity contribution in [3.63, 3.8) is 0 Å². The topological polar surface area (TPSA) is 78.0 Å². The van der Waals surface area contributed by atoms with Gasteiger partial charge in [-0.1, -0.05) is 0 Å². The number of methoxy groups -OCH3 is 2. The van der Waals surface area contributed by atoms with E-state index in [4.69, 9.17) is 9.47 Å². The predicted molar refractivity (Wildman–Crippen MR) is 106 cm³/mol. The standard InChI is InChI=1S/C22H30N2O4/c1-27-13-3-4-14-15-5-6-24-10-12-7-20(26)22(28-2)17(11-25)16(12)9-19(24)21(15)23-18(14)8-13/h3-4,8,12,16-17,19-20,22-23,25-26H,5-7,9-11H2,1-2H3/t12-,16+,17+,19-,20-,22-/m1/s1. The van der Waals surface area contributed by atoms with Crippen LogP contribution in [-0.2, 0) is 11.2 Å². The van der Waals surface area contributed by atoms with Crippen molar-refractivity contribution in [3.05, 3.63) is 29.5 Å². The van der Waals surface area contributed by atoms with Crippen LogP contribution in [0.25, 0.3) is 10.9 Å². The van der Waals surface area contributed by atoms with Crippen LogP contribution in [0.3, 0.4) is 0 Å². The number of H-pyrrole nitrogens is 1. The van der Waals surface area contributed by atoms with Gasteiger partial charge in [0.25, 0.3) is 0 Å². The van der Waals surface area contributed by atoms with Crippen molar-refractivity contribution in [2.75, 3.05) is 33.9 Å². The Labute approximate surface area is 165 Å². The van der Waals surface area contributed by atoms with Gasteiger partial charge in [-0.15, -0.1) is 0 Å². The molecule has 0 amide bonds. The highest BCUT2D eigenvalue weighted by Gasteiger charge is 2.49. The lowest BCUT2D eigenvalue weighted by atomic mass is 9.64. The van der Waals surface area contributed by atoms with Gasteiger partial charge in [-0.3, -0.25) is 4.90 Å². The quantitative estimate of drug-likeness (QED) is 0.753. The number of hydrogen-bond acceptors (Lipinski definition) is 5. The molecule has 2 fully saturated rings. The highest BCUT2D eigenvalue weighted by Crippen LogP contribution is 2.49. The summed E-state index contributed by atoms with van der Waals surface area (Å²) >= 11 is 0. The molecule has 6 heteroatoms. The molecule has 1 saturated carbocycles. The number of aromatic nitrogens is 1. The highest BCUT2D eigenvalue weighted by molar-refractivity contribution is 5.86. The number of aliphatic hydroxyl groups excluding tert-OH is 2. The number of piperidine rings is 1. The summed E-state index contributed by atoms with van der Waals surface area (Å²) in [6.45, 7) is 2.10. The number of nitrogens with zero attached hydrogens (tertiary/aromatic N) is 1. The molecule has 1 aromatic heterocycles. The van der Waals surface area contributed by atoms with E-state index in [1.165, 1.54) is 16.6 Å². The third kappa shape index (κ3) is 2.70. The van der Waals surface area contributed by atoms with Crippen molar-refractivity contribution in [2.45, 2.75) is 37.5 Å². The molecule has 28 heavy (non-hydrogen) atoms.